The Hall–Kier alpha value is -1.33. The Morgan fingerprint density at radius 2 is 2.29 bits per heavy atom. The van der Waals surface area contributed by atoms with Crippen LogP contribution >= 0.6 is 11.6 Å². The number of nitro benzene ring substituents is 1. The van der Waals surface area contributed by atoms with Crippen LogP contribution in [0.2, 0.25) is 5.02 Å². The molecule has 0 radical (unpaired) electrons. The summed E-state index contributed by atoms with van der Waals surface area (Å²) in [5.74, 6) is 0. The van der Waals surface area contributed by atoms with Crippen molar-refractivity contribution in [2.75, 3.05) is 18.0 Å². The van der Waals surface area contributed by atoms with Gasteiger partial charge in [-0.2, -0.15) is 0 Å². The van der Waals surface area contributed by atoms with E-state index in [1.165, 1.54) is 6.07 Å². The Morgan fingerprint density at radius 3 is 2.94 bits per heavy atom. The predicted octanol–water partition coefficient (Wildman–Crippen LogP) is 2.21. The van der Waals surface area contributed by atoms with Gasteiger partial charge in [0.25, 0.3) is 5.69 Å². The van der Waals surface area contributed by atoms with Gasteiger partial charge < -0.3 is 10.0 Å². The molecule has 1 heterocycles. The van der Waals surface area contributed by atoms with Gasteiger partial charge in [0, 0.05) is 24.2 Å². The summed E-state index contributed by atoms with van der Waals surface area (Å²) in [7, 11) is 0. The molecule has 6 heteroatoms. The molecule has 0 aliphatic carbocycles. The van der Waals surface area contributed by atoms with Gasteiger partial charge in [-0.3, -0.25) is 10.1 Å². The molecule has 92 valence electrons. The average Bonchev–Trinajstić information content (AvgIpc) is 2.28. The summed E-state index contributed by atoms with van der Waals surface area (Å²) in [5, 5.41) is 20.9. The summed E-state index contributed by atoms with van der Waals surface area (Å²) < 4.78 is 0. The quantitative estimate of drug-likeness (QED) is 0.651. The Bertz CT molecular complexity index is 439. The minimum absolute atomic E-state index is 0.00778. The van der Waals surface area contributed by atoms with E-state index in [1.807, 2.05) is 4.90 Å². The van der Waals surface area contributed by atoms with Crippen LogP contribution in [0.3, 0.4) is 0 Å². The lowest BCUT2D eigenvalue weighted by Gasteiger charge is -2.31. The van der Waals surface area contributed by atoms with Crippen LogP contribution in [0.15, 0.2) is 18.2 Å². The Balaban J connectivity index is 2.33. The number of piperidine rings is 1. The molecule has 1 fully saturated rings. The van der Waals surface area contributed by atoms with E-state index >= 15 is 0 Å². The Morgan fingerprint density at radius 1 is 1.53 bits per heavy atom. The number of anilines is 1. The Kier molecular flexibility index (Phi) is 3.49. The van der Waals surface area contributed by atoms with E-state index in [4.69, 9.17) is 11.6 Å². The van der Waals surface area contributed by atoms with Crippen LogP contribution in [0, 0.1) is 10.1 Å². The standard InChI is InChI=1S/C11H13ClN2O3/c12-8-3-4-10(11(6-8)14(16)17)13-5-1-2-9(15)7-13/h3-4,6,9,15H,1-2,5,7H2/t9-/m0/s1. The summed E-state index contributed by atoms with van der Waals surface area (Å²) >= 11 is 5.76. The zero-order valence-electron chi connectivity index (χ0n) is 9.17. The van der Waals surface area contributed by atoms with Crippen molar-refractivity contribution in [1.29, 1.82) is 0 Å². The van der Waals surface area contributed by atoms with E-state index < -0.39 is 11.0 Å². The second kappa shape index (κ2) is 4.89. The third kappa shape index (κ3) is 2.68. The highest BCUT2D eigenvalue weighted by molar-refractivity contribution is 6.30. The van der Waals surface area contributed by atoms with Crippen LogP contribution in [-0.2, 0) is 0 Å². The summed E-state index contributed by atoms with van der Waals surface area (Å²) in [4.78, 5) is 12.3. The van der Waals surface area contributed by atoms with Crippen molar-refractivity contribution in [1.82, 2.24) is 0 Å². The smallest absolute Gasteiger partial charge is 0.294 e. The first-order valence-electron chi connectivity index (χ1n) is 5.45. The summed E-state index contributed by atoms with van der Waals surface area (Å²) in [5.41, 5.74) is 0.518. The number of nitrogens with zero attached hydrogens (tertiary/aromatic N) is 2. The first-order valence-corrected chi connectivity index (χ1v) is 5.82. The van der Waals surface area contributed by atoms with Crippen LogP contribution in [-0.4, -0.2) is 29.2 Å². The second-order valence-electron chi connectivity index (χ2n) is 4.13. The lowest BCUT2D eigenvalue weighted by atomic mass is 10.1. The summed E-state index contributed by atoms with van der Waals surface area (Å²) in [6, 6.07) is 4.61. The van der Waals surface area contributed by atoms with Crippen LogP contribution in [0.1, 0.15) is 12.8 Å². The predicted molar refractivity (Wildman–Crippen MR) is 65.6 cm³/mol. The molecule has 0 aromatic heterocycles. The molecule has 0 unspecified atom stereocenters. The summed E-state index contributed by atoms with van der Waals surface area (Å²) in [6.07, 6.45) is 1.16. The molecule has 1 aromatic carbocycles. The van der Waals surface area contributed by atoms with Crippen molar-refractivity contribution in [2.45, 2.75) is 18.9 Å². The average molecular weight is 257 g/mol. The summed E-state index contributed by atoms with van der Waals surface area (Å²) in [6.45, 7) is 1.15. The van der Waals surface area contributed by atoms with Gasteiger partial charge in [-0.15, -0.1) is 0 Å². The molecule has 5 nitrogen and oxygen atoms in total. The number of rotatable bonds is 2. The van der Waals surface area contributed by atoms with Crippen LogP contribution in [0.25, 0.3) is 0 Å². The normalized spacial score (nSPS) is 20.4. The molecular formula is C11H13ClN2O3. The van der Waals surface area contributed by atoms with E-state index in [2.05, 4.69) is 0 Å². The molecule has 1 atom stereocenters. The van der Waals surface area contributed by atoms with Crippen LogP contribution in [0.4, 0.5) is 11.4 Å². The maximum atomic E-state index is 11.0. The fraction of sp³-hybridized carbons (Fsp3) is 0.455. The van der Waals surface area contributed by atoms with Crippen LogP contribution < -0.4 is 4.90 Å². The Labute approximate surface area is 104 Å². The molecule has 0 amide bonds. The SMILES string of the molecule is O=[N+]([O-])c1cc(Cl)ccc1N1CCC[C@H](O)C1. The number of hydrogen-bond donors (Lipinski definition) is 1. The minimum Gasteiger partial charge on any atom is -0.391 e. The maximum Gasteiger partial charge on any atom is 0.294 e. The topological polar surface area (TPSA) is 66.6 Å². The number of hydrogen-bond acceptors (Lipinski definition) is 4. The van der Waals surface area contributed by atoms with Gasteiger partial charge in [-0.05, 0) is 25.0 Å². The van der Waals surface area contributed by atoms with Crippen molar-refractivity contribution in [2.24, 2.45) is 0 Å². The van der Waals surface area contributed by atoms with Crippen LogP contribution in [0.5, 0.6) is 0 Å². The van der Waals surface area contributed by atoms with Crippen molar-refractivity contribution < 1.29 is 10.0 Å². The van der Waals surface area contributed by atoms with E-state index in [1.54, 1.807) is 12.1 Å². The molecule has 1 saturated heterocycles. The molecular weight excluding hydrogens is 244 g/mol. The zero-order valence-corrected chi connectivity index (χ0v) is 9.93. The van der Waals surface area contributed by atoms with E-state index in [9.17, 15) is 15.2 Å². The fourth-order valence-corrected chi connectivity index (χ4v) is 2.25. The molecule has 17 heavy (non-hydrogen) atoms. The van der Waals surface area contributed by atoms with Gasteiger partial charge >= 0.3 is 0 Å². The van der Waals surface area contributed by atoms with E-state index in [-0.39, 0.29) is 5.69 Å². The highest BCUT2D eigenvalue weighted by Gasteiger charge is 2.24. The van der Waals surface area contributed by atoms with E-state index in [0.717, 1.165) is 19.4 Å². The van der Waals surface area contributed by atoms with Gasteiger partial charge in [-0.1, -0.05) is 11.6 Å². The minimum atomic E-state index is -0.442. The monoisotopic (exact) mass is 256 g/mol. The number of benzene rings is 1. The number of β-amino-alcohol motifs (C(OH)–C–C–N with tert-alkyl or cyclic N) is 1. The highest BCUT2D eigenvalue weighted by Crippen LogP contribution is 2.32. The molecule has 1 aliphatic rings. The fourth-order valence-electron chi connectivity index (χ4n) is 2.08. The molecule has 0 spiro atoms. The third-order valence-corrected chi connectivity index (χ3v) is 3.11. The number of halogens is 1. The molecule has 0 bridgehead atoms. The van der Waals surface area contributed by atoms with Crippen molar-refractivity contribution in [3.8, 4) is 0 Å². The first kappa shape index (κ1) is 12.1. The highest BCUT2D eigenvalue weighted by atomic mass is 35.5. The van der Waals surface area contributed by atoms with Crippen molar-refractivity contribution in [3.05, 3.63) is 33.3 Å². The van der Waals surface area contributed by atoms with Gasteiger partial charge in [-0.25, -0.2) is 0 Å². The molecule has 1 aromatic rings. The molecule has 2 rings (SSSR count). The van der Waals surface area contributed by atoms with Gasteiger partial charge in [0.15, 0.2) is 0 Å². The van der Waals surface area contributed by atoms with Gasteiger partial charge in [0.1, 0.15) is 5.69 Å². The lowest BCUT2D eigenvalue weighted by Crippen LogP contribution is -2.38. The van der Waals surface area contributed by atoms with Gasteiger partial charge in [0.2, 0.25) is 0 Å². The van der Waals surface area contributed by atoms with Crippen molar-refractivity contribution in [3.63, 3.8) is 0 Å². The number of aliphatic hydroxyl groups excluding tert-OH is 1. The lowest BCUT2D eigenvalue weighted by molar-refractivity contribution is -0.384. The maximum absolute atomic E-state index is 11.0. The number of nitro groups is 1. The first-order chi connectivity index (χ1) is 8.08. The number of aliphatic hydroxyl groups is 1. The van der Waals surface area contributed by atoms with E-state index in [0.29, 0.717) is 17.3 Å². The zero-order chi connectivity index (χ0) is 12.4. The molecule has 1 aliphatic heterocycles. The third-order valence-electron chi connectivity index (χ3n) is 2.87. The van der Waals surface area contributed by atoms with Crippen molar-refractivity contribution >= 4 is 23.0 Å². The molecule has 1 N–H and O–H groups in total. The second-order valence-corrected chi connectivity index (χ2v) is 4.57. The molecule has 0 saturated carbocycles. The largest absolute Gasteiger partial charge is 0.391 e. The van der Waals surface area contributed by atoms with Gasteiger partial charge in [0.05, 0.1) is 11.0 Å².